The Labute approximate surface area is 66.9 Å². The van der Waals surface area contributed by atoms with Gasteiger partial charge in [-0.05, 0) is 0 Å². The van der Waals surface area contributed by atoms with Crippen molar-refractivity contribution in [3.8, 4) is 0 Å². The van der Waals surface area contributed by atoms with Crippen LogP contribution in [-0.2, 0) is 4.79 Å². The van der Waals surface area contributed by atoms with Gasteiger partial charge in [0.2, 0.25) is 0 Å². The second-order valence-electron chi connectivity index (χ2n) is 0.747. The summed E-state index contributed by atoms with van der Waals surface area (Å²) in [6.45, 7) is 1.60. The summed E-state index contributed by atoms with van der Waals surface area (Å²) >= 11 is 0. The maximum absolute atomic E-state index is 9.37. The SMILES string of the molecule is CCC(=O)O.[Dy]. The summed E-state index contributed by atoms with van der Waals surface area (Å²) in [6, 6.07) is 0. The Morgan fingerprint density at radius 2 is 2.00 bits per heavy atom. The Kier molecular flexibility index (Phi) is 9.46. The van der Waals surface area contributed by atoms with Crippen LogP contribution in [0, 0.1) is 38.2 Å². The van der Waals surface area contributed by atoms with Gasteiger partial charge in [-0.1, -0.05) is 6.92 Å². The third kappa shape index (κ3) is 8.83. The van der Waals surface area contributed by atoms with Crippen molar-refractivity contribution in [3.05, 3.63) is 0 Å². The van der Waals surface area contributed by atoms with E-state index in [1.54, 1.807) is 6.92 Å². The molecule has 0 aromatic heterocycles. The first-order valence-electron chi connectivity index (χ1n) is 1.49. The van der Waals surface area contributed by atoms with Gasteiger partial charge in [-0.15, -0.1) is 0 Å². The summed E-state index contributed by atoms with van der Waals surface area (Å²) in [4.78, 5) is 9.37. The summed E-state index contributed by atoms with van der Waals surface area (Å²) in [5.74, 6) is -0.745. The molecule has 40 valence electrons. The topological polar surface area (TPSA) is 37.3 Å². The first-order valence-corrected chi connectivity index (χ1v) is 1.49. The molecule has 0 amide bonds. The van der Waals surface area contributed by atoms with Gasteiger partial charge in [0, 0.05) is 44.6 Å². The van der Waals surface area contributed by atoms with Crippen molar-refractivity contribution >= 4 is 5.97 Å². The number of hydrogen-bond acceptors (Lipinski definition) is 1. The zero-order valence-corrected chi connectivity index (χ0v) is 5.41. The zero-order valence-electron chi connectivity index (χ0n) is 3.38. The molecule has 0 radical (unpaired) electrons. The number of rotatable bonds is 1. The molecule has 0 atom stereocenters. The number of carboxylic acids is 1. The number of carboxylic acid groups (broad SMARTS) is 1. The standard InChI is InChI=1S/C3H6O2.Dy/c1-2-3(4)5;/h2H2,1H3,(H,4,5);. The zero-order chi connectivity index (χ0) is 4.28. The first-order chi connectivity index (χ1) is 2.27. The monoisotopic (exact) mass is 238 g/mol. The molecule has 2 nitrogen and oxygen atoms in total. The summed E-state index contributed by atoms with van der Waals surface area (Å²) in [5, 5.41) is 7.72. The van der Waals surface area contributed by atoms with Gasteiger partial charge in [-0.25, -0.2) is 0 Å². The summed E-state index contributed by atoms with van der Waals surface area (Å²) in [5.41, 5.74) is 0. The molecular weight excluding hydrogens is 231 g/mol. The van der Waals surface area contributed by atoms with Crippen LogP contribution in [0.1, 0.15) is 13.3 Å². The van der Waals surface area contributed by atoms with Crippen LogP contribution in [0.4, 0.5) is 0 Å². The average molecular weight is 237 g/mol. The van der Waals surface area contributed by atoms with E-state index < -0.39 is 5.97 Å². The van der Waals surface area contributed by atoms with Gasteiger partial charge >= 0.3 is 5.97 Å². The van der Waals surface area contributed by atoms with Gasteiger partial charge in [0.15, 0.2) is 0 Å². The fraction of sp³-hybridized carbons (Fsp3) is 0.667. The van der Waals surface area contributed by atoms with Gasteiger partial charge in [0.1, 0.15) is 0 Å². The molecule has 0 rings (SSSR count). The van der Waals surface area contributed by atoms with Crippen LogP contribution < -0.4 is 0 Å². The van der Waals surface area contributed by atoms with Crippen LogP contribution in [-0.4, -0.2) is 11.1 Å². The Balaban J connectivity index is 0. The van der Waals surface area contributed by atoms with Crippen LogP contribution in [0.2, 0.25) is 0 Å². The van der Waals surface area contributed by atoms with Crippen LogP contribution in [0.25, 0.3) is 0 Å². The van der Waals surface area contributed by atoms with Crippen molar-refractivity contribution in [1.82, 2.24) is 0 Å². The Bertz CT molecular complexity index is 44.1. The molecule has 0 saturated carbocycles. The van der Waals surface area contributed by atoms with Crippen molar-refractivity contribution in [2.45, 2.75) is 13.3 Å². The fourth-order valence-corrected chi connectivity index (χ4v) is 0. The van der Waals surface area contributed by atoms with Crippen molar-refractivity contribution in [2.24, 2.45) is 0 Å². The second kappa shape index (κ2) is 5.74. The van der Waals surface area contributed by atoms with Gasteiger partial charge in [-0.2, -0.15) is 0 Å². The Morgan fingerprint density at radius 1 is 1.83 bits per heavy atom. The van der Waals surface area contributed by atoms with Crippen molar-refractivity contribution < 1.29 is 48.1 Å². The number of aliphatic carboxylic acids is 1. The third-order valence-electron chi connectivity index (χ3n) is 0.302. The molecule has 0 aliphatic carbocycles. The molecule has 0 bridgehead atoms. The van der Waals surface area contributed by atoms with Crippen molar-refractivity contribution in [2.75, 3.05) is 0 Å². The van der Waals surface area contributed by atoms with Crippen molar-refractivity contribution in [3.63, 3.8) is 0 Å². The molecule has 0 spiro atoms. The average Bonchev–Trinajstić information content (AvgIpc) is 1.38. The molecule has 0 unspecified atom stereocenters. The summed E-state index contributed by atoms with van der Waals surface area (Å²) < 4.78 is 0. The second-order valence-corrected chi connectivity index (χ2v) is 0.747. The van der Waals surface area contributed by atoms with Crippen LogP contribution in [0.3, 0.4) is 0 Å². The minimum absolute atomic E-state index is 0. The molecule has 0 fully saturated rings. The van der Waals surface area contributed by atoms with E-state index in [1.807, 2.05) is 0 Å². The van der Waals surface area contributed by atoms with Gasteiger partial charge in [0.25, 0.3) is 0 Å². The van der Waals surface area contributed by atoms with E-state index in [9.17, 15) is 4.79 Å². The van der Waals surface area contributed by atoms with E-state index >= 15 is 0 Å². The van der Waals surface area contributed by atoms with Crippen LogP contribution >= 0.6 is 0 Å². The largest absolute Gasteiger partial charge is 0.481 e. The fourth-order valence-electron chi connectivity index (χ4n) is 0. The van der Waals surface area contributed by atoms with E-state index in [0.29, 0.717) is 0 Å². The molecule has 0 saturated heterocycles. The number of carbonyl (C=O) groups is 1. The van der Waals surface area contributed by atoms with Crippen LogP contribution in [0.15, 0.2) is 0 Å². The predicted molar refractivity (Wildman–Crippen MR) is 17.9 cm³/mol. The predicted octanol–water partition coefficient (Wildman–Crippen LogP) is 0.481. The normalized spacial score (nSPS) is 6.17. The first kappa shape index (κ1) is 9.89. The third-order valence-corrected chi connectivity index (χ3v) is 0.302. The minimum Gasteiger partial charge on any atom is -0.481 e. The van der Waals surface area contributed by atoms with E-state index in [2.05, 4.69) is 0 Å². The Hall–Kier alpha value is 0.743. The summed E-state index contributed by atoms with van der Waals surface area (Å²) in [6.07, 6.45) is 0.222. The molecule has 1 N–H and O–H groups in total. The maximum atomic E-state index is 9.37. The maximum Gasteiger partial charge on any atom is 0.303 e. The molecule has 0 aromatic rings. The molecular formula is C3H6DyO2. The van der Waals surface area contributed by atoms with Gasteiger partial charge < -0.3 is 5.11 Å². The van der Waals surface area contributed by atoms with Gasteiger partial charge in [0.05, 0.1) is 0 Å². The molecule has 0 aliphatic rings. The minimum atomic E-state index is -0.745. The van der Waals surface area contributed by atoms with E-state index in [4.69, 9.17) is 5.11 Å². The quantitative estimate of drug-likeness (QED) is 0.719. The molecule has 6 heavy (non-hydrogen) atoms. The molecule has 0 aliphatic heterocycles. The van der Waals surface area contributed by atoms with Gasteiger partial charge in [-0.3, -0.25) is 4.79 Å². The van der Waals surface area contributed by atoms with E-state index in [0.717, 1.165) is 0 Å². The van der Waals surface area contributed by atoms with E-state index in [1.165, 1.54) is 0 Å². The Morgan fingerprint density at radius 3 is 2.00 bits per heavy atom. The molecule has 0 heterocycles. The van der Waals surface area contributed by atoms with Crippen molar-refractivity contribution in [1.29, 1.82) is 0 Å². The number of hydrogen-bond donors (Lipinski definition) is 1. The molecule has 0 aromatic carbocycles. The smallest absolute Gasteiger partial charge is 0.303 e. The summed E-state index contributed by atoms with van der Waals surface area (Å²) in [7, 11) is 0. The van der Waals surface area contributed by atoms with E-state index in [-0.39, 0.29) is 44.6 Å². The molecule has 3 heteroatoms. The van der Waals surface area contributed by atoms with Crippen LogP contribution in [0.5, 0.6) is 0 Å².